The molecular weight excluding hydrogens is 270 g/mol. The van der Waals surface area contributed by atoms with E-state index in [0.29, 0.717) is 10.6 Å². The van der Waals surface area contributed by atoms with Crippen LogP contribution in [0.15, 0.2) is 6.07 Å². The zero-order chi connectivity index (χ0) is 14.3. The first kappa shape index (κ1) is 12.9. The van der Waals surface area contributed by atoms with Gasteiger partial charge in [-0.1, -0.05) is 0 Å². The van der Waals surface area contributed by atoms with Gasteiger partial charge in [-0.2, -0.15) is 5.26 Å². The minimum Gasteiger partial charge on any atom is -0.389 e. The molecule has 0 amide bonds. The van der Waals surface area contributed by atoms with E-state index in [2.05, 4.69) is 20.9 Å². The number of nitriles is 1. The molecule has 1 aliphatic rings. The van der Waals surface area contributed by atoms with E-state index >= 15 is 0 Å². The quantitative estimate of drug-likeness (QED) is 0.868. The molecule has 0 radical (unpaired) electrons. The summed E-state index contributed by atoms with van der Waals surface area (Å²) in [5, 5.41) is 9.80. The van der Waals surface area contributed by atoms with Crippen molar-refractivity contribution in [2.24, 2.45) is 0 Å². The molecule has 2 aromatic heterocycles. The number of hydrogen-bond donors (Lipinski definition) is 1. The Kier molecular flexibility index (Phi) is 3.07. The van der Waals surface area contributed by atoms with Gasteiger partial charge in [-0.05, 0) is 25.8 Å². The molecule has 0 unspecified atom stereocenters. The summed E-state index contributed by atoms with van der Waals surface area (Å²) in [6.07, 6.45) is 0.841. The highest BCUT2D eigenvalue weighted by Gasteiger charge is 2.24. The fourth-order valence-corrected chi connectivity index (χ4v) is 3.69. The molecule has 0 aliphatic carbocycles. The van der Waals surface area contributed by atoms with Gasteiger partial charge in [-0.25, -0.2) is 9.97 Å². The zero-order valence-corrected chi connectivity index (χ0v) is 12.3. The average Bonchev–Trinajstić information content (AvgIpc) is 2.71. The molecule has 5 nitrogen and oxygen atoms in total. The van der Waals surface area contributed by atoms with Crippen molar-refractivity contribution in [2.45, 2.75) is 26.8 Å². The summed E-state index contributed by atoms with van der Waals surface area (Å²) in [6, 6.07) is 4.22. The van der Waals surface area contributed by atoms with E-state index in [4.69, 9.17) is 11.0 Å². The number of aromatic nitrogens is 2. The molecule has 0 atom stereocenters. The molecule has 0 spiro atoms. The molecule has 2 N–H and O–H groups in total. The second-order valence-corrected chi connectivity index (χ2v) is 6.08. The first-order valence-electron chi connectivity index (χ1n) is 6.46. The highest BCUT2D eigenvalue weighted by Crippen LogP contribution is 2.35. The summed E-state index contributed by atoms with van der Waals surface area (Å²) in [5.41, 5.74) is 8.68. The number of nitrogen functional groups attached to an aromatic ring is 1. The predicted octanol–water partition coefficient (Wildman–Crippen LogP) is 2.17. The molecule has 0 bridgehead atoms. The Morgan fingerprint density at radius 2 is 2.20 bits per heavy atom. The van der Waals surface area contributed by atoms with Crippen LogP contribution in [0.3, 0.4) is 0 Å². The predicted molar refractivity (Wildman–Crippen MR) is 79.7 cm³/mol. The van der Waals surface area contributed by atoms with Crippen LogP contribution in [0.4, 0.5) is 10.8 Å². The van der Waals surface area contributed by atoms with Crippen molar-refractivity contribution in [1.29, 1.82) is 5.26 Å². The molecule has 0 saturated carbocycles. The third kappa shape index (κ3) is 2.10. The first-order valence-corrected chi connectivity index (χ1v) is 7.27. The number of rotatable bonds is 1. The van der Waals surface area contributed by atoms with E-state index in [9.17, 15) is 0 Å². The maximum Gasteiger partial charge on any atom is 0.132 e. The third-order valence-electron chi connectivity index (χ3n) is 3.47. The molecule has 1 aliphatic heterocycles. The van der Waals surface area contributed by atoms with Crippen molar-refractivity contribution in [3.05, 3.63) is 33.6 Å². The highest BCUT2D eigenvalue weighted by atomic mass is 32.1. The van der Waals surface area contributed by atoms with Crippen LogP contribution in [0.25, 0.3) is 0 Å². The van der Waals surface area contributed by atoms with Crippen LogP contribution in [0.2, 0.25) is 0 Å². The first-order chi connectivity index (χ1) is 9.58. The fraction of sp³-hybridized carbons (Fsp3) is 0.357. The SMILES string of the molecule is Cc1cc(N2CCc3c(sc(N)c3C#N)C2)nc(C)n1. The lowest BCUT2D eigenvalue weighted by Gasteiger charge is -2.28. The average molecular weight is 285 g/mol. The Labute approximate surface area is 121 Å². The van der Waals surface area contributed by atoms with Gasteiger partial charge in [0.05, 0.1) is 12.1 Å². The van der Waals surface area contributed by atoms with E-state index in [-0.39, 0.29) is 0 Å². The van der Waals surface area contributed by atoms with E-state index in [1.54, 1.807) is 0 Å². The summed E-state index contributed by atoms with van der Waals surface area (Å²) >= 11 is 1.52. The van der Waals surface area contributed by atoms with E-state index in [0.717, 1.165) is 42.4 Å². The number of hydrogen-bond acceptors (Lipinski definition) is 6. The molecule has 0 aromatic carbocycles. The lowest BCUT2D eigenvalue weighted by atomic mass is 10.0. The monoisotopic (exact) mass is 285 g/mol. The van der Waals surface area contributed by atoms with Gasteiger partial charge >= 0.3 is 0 Å². The van der Waals surface area contributed by atoms with E-state index < -0.39 is 0 Å². The Morgan fingerprint density at radius 3 is 2.90 bits per heavy atom. The van der Waals surface area contributed by atoms with Crippen molar-refractivity contribution >= 4 is 22.2 Å². The lowest BCUT2D eigenvalue weighted by Crippen LogP contribution is -2.30. The molecule has 6 heteroatoms. The number of fused-ring (bicyclic) bond motifs is 1. The smallest absolute Gasteiger partial charge is 0.132 e. The van der Waals surface area contributed by atoms with Gasteiger partial charge in [-0.15, -0.1) is 11.3 Å². The van der Waals surface area contributed by atoms with Crippen LogP contribution < -0.4 is 10.6 Å². The van der Waals surface area contributed by atoms with Crippen LogP contribution in [-0.2, 0) is 13.0 Å². The summed E-state index contributed by atoms with van der Waals surface area (Å²) in [7, 11) is 0. The maximum atomic E-state index is 9.16. The Balaban J connectivity index is 1.95. The molecular formula is C14H15N5S. The van der Waals surface area contributed by atoms with Crippen molar-refractivity contribution in [2.75, 3.05) is 17.2 Å². The van der Waals surface area contributed by atoms with Gasteiger partial charge in [0, 0.05) is 23.2 Å². The van der Waals surface area contributed by atoms with Crippen molar-refractivity contribution in [3.63, 3.8) is 0 Å². The van der Waals surface area contributed by atoms with Gasteiger partial charge in [0.15, 0.2) is 0 Å². The number of nitrogens with zero attached hydrogens (tertiary/aromatic N) is 4. The summed E-state index contributed by atoms with van der Waals surface area (Å²) in [4.78, 5) is 12.2. The fourth-order valence-electron chi connectivity index (χ4n) is 2.60. The van der Waals surface area contributed by atoms with Crippen LogP contribution in [0.1, 0.15) is 27.5 Å². The van der Waals surface area contributed by atoms with Crippen LogP contribution in [-0.4, -0.2) is 16.5 Å². The molecule has 3 rings (SSSR count). The number of aryl methyl sites for hydroxylation is 2. The summed E-state index contributed by atoms with van der Waals surface area (Å²) in [5.74, 6) is 1.74. The standard InChI is InChI=1S/C14H15N5S/c1-8-5-13(18-9(2)17-8)19-4-3-10-11(6-15)14(16)20-12(10)7-19/h5H,3-4,7,16H2,1-2H3. The molecule has 102 valence electrons. The maximum absolute atomic E-state index is 9.16. The van der Waals surface area contributed by atoms with E-state index in [1.165, 1.54) is 16.2 Å². The van der Waals surface area contributed by atoms with Gasteiger partial charge in [0.1, 0.15) is 22.7 Å². The molecule has 3 heterocycles. The van der Waals surface area contributed by atoms with Crippen LogP contribution in [0, 0.1) is 25.2 Å². The highest BCUT2D eigenvalue weighted by molar-refractivity contribution is 7.16. The minimum absolute atomic E-state index is 0.634. The Morgan fingerprint density at radius 1 is 1.40 bits per heavy atom. The topological polar surface area (TPSA) is 78.8 Å². The number of nitrogens with two attached hydrogens (primary N) is 1. The largest absolute Gasteiger partial charge is 0.389 e. The molecule has 20 heavy (non-hydrogen) atoms. The zero-order valence-electron chi connectivity index (χ0n) is 11.5. The van der Waals surface area contributed by atoms with Gasteiger partial charge in [-0.3, -0.25) is 0 Å². The Hall–Kier alpha value is -2.13. The van der Waals surface area contributed by atoms with Gasteiger partial charge < -0.3 is 10.6 Å². The van der Waals surface area contributed by atoms with Crippen molar-refractivity contribution < 1.29 is 0 Å². The molecule has 0 fully saturated rings. The summed E-state index contributed by atoms with van der Waals surface area (Å²) in [6.45, 7) is 5.50. The summed E-state index contributed by atoms with van der Waals surface area (Å²) < 4.78 is 0. The minimum atomic E-state index is 0.634. The second kappa shape index (κ2) is 4.76. The number of anilines is 2. The van der Waals surface area contributed by atoms with Gasteiger partial charge in [0.2, 0.25) is 0 Å². The molecule has 2 aromatic rings. The third-order valence-corrected chi connectivity index (χ3v) is 4.52. The van der Waals surface area contributed by atoms with Crippen LogP contribution >= 0.6 is 11.3 Å². The van der Waals surface area contributed by atoms with Crippen molar-refractivity contribution in [3.8, 4) is 6.07 Å². The second-order valence-electron chi connectivity index (χ2n) is 4.94. The molecule has 0 saturated heterocycles. The normalized spacial score (nSPS) is 13.9. The van der Waals surface area contributed by atoms with Crippen molar-refractivity contribution in [1.82, 2.24) is 9.97 Å². The van der Waals surface area contributed by atoms with Gasteiger partial charge in [0.25, 0.3) is 0 Å². The Bertz CT molecular complexity index is 693. The number of thiophene rings is 1. The van der Waals surface area contributed by atoms with Crippen LogP contribution in [0.5, 0.6) is 0 Å². The lowest BCUT2D eigenvalue weighted by molar-refractivity contribution is 0.726. The van der Waals surface area contributed by atoms with E-state index in [1.807, 2.05) is 19.9 Å².